The predicted molar refractivity (Wildman–Crippen MR) is 63.5 cm³/mol. The summed E-state index contributed by atoms with van der Waals surface area (Å²) in [5, 5.41) is 9.68. The fraction of sp³-hybridized carbons (Fsp3) is 0.778. The Morgan fingerprint density at radius 3 is 2.65 bits per heavy atom. The third kappa shape index (κ3) is 3.25. The lowest BCUT2D eigenvalue weighted by atomic mass is 10.3. The van der Waals surface area contributed by atoms with Crippen LogP contribution in [0.1, 0.15) is 24.3 Å². The molecule has 0 aliphatic heterocycles. The number of hydrogen-bond donors (Lipinski definition) is 1. The fourth-order valence-corrected chi connectivity index (χ4v) is 3.34. The van der Waals surface area contributed by atoms with Crippen molar-refractivity contribution >= 4 is 28.2 Å². The molecule has 1 saturated carbocycles. The highest BCUT2D eigenvalue weighted by Gasteiger charge is 2.36. The highest BCUT2D eigenvalue weighted by atomic mass is 32.2. The van der Waals surface area contributed by atoms with Crippen LogP contribution in [0.4, 0.5) is 18.3 Å². The van der Waals surface area contributed by atoms with Crippen LogP contribution in [0.5, 0.6) is 0 Å². The van der Waals surface area contributed by atoms with Crippen LogP contribution in [0, 0.1) is 0 Å². The van der Waals surface area contributed by atoms with E-state index in [1.807, 2.05) is 0 Å². The zero-order chi connectivity index (χ0) is 12.5. The van der Waals surface area contributed by atoms with Crippen molar-refractivity contribution in [3.05, 3.63) is 5.01 Å². The molecule has 2 rings (SSSR count). The zero-order valence-corrected chi connectivity index (χ0v) is 10.8. The van der Waals surface area contributed by atoms with Gasteiger partial charge < -0.3 is 5.32 Å². The monoisotopic (exact) mass is 283 g/mol. The molecule has 1 aromatic heterocycles. The molecular weight excluding hydrogens is 271 g/mol. The second kappa shape index (κ2) is 5.01. The Labute approximate surface area is 105 Å². The van der Waals surface area contributed by atoms with Crippen molar-refractivity contribution in [1.29, 1.82) is 0 Å². The lowest BCUT2D eigenvalue weighted by Crippen LogP contribution is -2.15. The quantitative estimate of drug-likeness (QED) is 0.924. The maximum Gasteiger partial charge on any atom is 0.445 e. The van der Waals surface area contributed by atoms with E-state index in [1.54, 1.807) is 11.8 Å². The van der Waals surface area contributed by atoms with Crippen LogP contribution in [0.25, 0.3) is 0 Å². The van der Waals surface area contributed by atoms with Crippen LogP contribution in [0.15, 0.2) is 0 Å². The van der Waals surface area contributed by atoms with E-state index >= 15 is 0 Å². The number of halogens is 3. The Hall–Kier alpha value is -0.500. The SMILES string of the molecule is CSC1CCC(Nc2nnc(C(F)(F)F)s2)C1. The van der Waals surface area contributed by atoms with Crippen molar-refractivity contribution in [1.82, 2.24) is 10.2 Å². The molecule has 0 spiro atoms. The van der Waals surface area contributed by atoms with Gasteiger partial charge in [0.05, 0.1) is 0 Å². The van der Waals surface area contributed by atoms with Crippen molar-refractivity contribution < 1.29 is 13.2 Å². The zero-order valence-electron chi connectivity index (χ0n) is 9.12. The fourth-order valence-electron chi connectivity index (χ4n) is 1.86. The number of nitrogens with zero attached hydrogens (tertiary/aromatic N) is 2. The van der Waals surface area contributed by atoms with Crippen molar-refractivity contribution in [2.75, 3.05) is 11.6 Å². The molecule has 96 valence electrons. The summed E-state index contributed by atoms with van der Waals surface area (Å²) in [6, 6.07) is 0.224. The molecule has 2 unspecified atom stereocenters. The number of anilines is 1. The summed E-state index contributed by atoms with van der Waals surface area (Å²) in [4.78, 5) is 0. The van der Waals surface area contributed by atoms with Gasteiger partial charge in [0.1, 0.15) is 0 Å². The van der Waals surface area contributed by atoms with Crippen LogP contribution in [-0.2, 0) is 6.18 Å². The molecule has 0 radical (unpaired) electrons. The first-order valence-corrected chi connectivity index (χ1v) is 7.29. The van der Waals surface area contributed by atoms with E-state index in [-0.39, 0.29) is 11.2 Å². The van der Waals surface area contributed by atoms with E-state index in [9.17, 15) is 13.2 Å². The Kier molecular flexibility index (Phi) is 3.82. The van der Waals surface area contributed by atoms with E-state index in [0.717, 1.165) is 19.3 Å². The third-order valence-corrected chi connectivity index (χ3v) is 4.71. The highest BCUT2D eigenvalue weighted by Crippen LogP contribution is 2.35. The lowest BCUT2D eigenvalue weighted by Gasteiger charge is -2.10. The molecule has 1 heterocycles. The van der Waals surface area contributed by atoms with Crippen molar-refractivity contribution in [2.45, 2.75) is 36.7 Å². The maximum atomic E-state index is 12.3. The van der Waals surface area contributed by atoms with E-state index in [0.29, 0.717) is 16.6 Å². The van der Waals surface area contributed by atoms with Crippen LogP contribution in [0.3, 0.4) is 0 Å². The number of rotatable bonds is 3. The first-order valence-electron chi connectivity index (χ1n) is 5.19. The number of thioether (sulfide) groups is 1. The first kappa shape index (κ1) is 12.9. The molecule has 1 aliphatic rings. The molecule has 8 heteroatoms. The van der Waals surface area contributed by atoms with Gasteiger partial charge in [0.2, 0.25) is 10.1 Å². The number of hydrogen-bond acceptors (Lipinski definition) is 5. The normalized spacial score (nSPS) is 25.2. The van der Waals surface area contributed by atoms with Gasteiger partial charge in [-0.2, -0.15) is 24.9 Å². The second-order valence-electron chi connectivity index (χ2n) is 3.92. The van der Waals surface area contributed by atoms with Gasteiger partial charge in [-0.05, 0) is 25.5 Å². The Bertz CT molecular complexity index is 380. The van der Waals surface area contributed by atoms with Gasteiger partial charge in [0.15, 0.2) is 0 Å². The molecular formula is C9H12F3N3S2. The van der Waals surface area contributed by atoms with E-state index in [4.69, 9.17) is 0 Å². The summed E-state index contributed by atoms with van der Waals surface area (Å²) in [5.74, 6) is 0. The highest BCUT2D eigenvalue weighted by molar-refractivity contribution is 7.99. The van der Waals surface area contributed by atoms with Crippen LogP contribution in [-0.4, -0.2) is 27.7 Å². The van der Waals surface area contributed by atoms with Crippen LogP contribution in [0.2, 0.25) is 0 Å². The third-order valence-electron chi connectivity index (χ3n) is 2.71. The summed E-state index contributed by atoms with van der Waals surface area (Å²) in [6.07, 6.45) is 0.715. The number of alkyl halides is 3. The number of nitrogens with one attached hydrogen (secondary N) is 1. The molecule has 3 nitrogen and oxygen atoms in total. The summed E-state index contributed by atoms with van der Waals surface area (Å²) >= 11 is 2.37. The van der Waals surface area contributed by atoms with Gasteiger partial charge >= 0.3 is 6.18 Å². The van der Waals surface area contributed by atoms with Gasteiger partial charge in [-0.25, -0.2) is 0 Å². The second-order valence-corrected chi connectivity index (χ2v) is 6.04. The summed E-state index contributed by atoms with van der Waals surface area (Å²) < 4.78 is 36.9. The minimum Gasteiger partial charge on any atom is -0.357 e. The molecule has 2 atom stereocenters. The molecule has 1 fully saturated rings. The Morgan fingerprint density at radius 1 is 1.35 bits per heavy atom. The predicted octanol–water partition coefficient (Wildman–Crippen LogP) is 3.25. The first-order chi connectivity index (χ1) is 7.99. The molecule has 1 aromatic rings. The van der Waals surface area contributed by atoms with E-state index in [2.05, 4.69) is 21.8 Å². The molecule has 0 aromatic carbocycles. The van der Waals surface area contributed by atoms with Gasteiger partial charge in [-0.15, -0.1) is 10.2 Å². The summed E-state index contributed by atoms with van der Waals surface area (Å²) in [6.45, 7) is 0. The smallest absolute Gasteiger partial charge is 0.357 e. The van der Waals surface area contributed by atoms with Gasteiger partial charge in [0.25, 0.3) is 0 Å². The van der Waals surface area contributed by atoms with Gasteiger partial charge in [-0.1, -0.05) is 11.3 Å². The molecule has 17 heavy (non-hydrogen) atoms. The van der Waals surface area contributed by atoms with Gasteiger partial charge in [-0.3, -0.25) is 0 Å². The topological polar surface area (TPSA) is 37.8 Å². The van der Waals surface area contributed by atoms with Gasteiger partial charge in [0, 0.05) is 11.3 Å². The summed E-state index contributed by atoms with van der Waals surface area (Å²) in [5.41, 5.74) is 0. The Balaban J connectivity index is 1.94. The van der Waals surface area contributed by atoms with E-state index < -0.39 is 11.2 Å². The maximum absolute atomic E-state index is 12.3. The van der Waals surface area contributed by atoms with Crippen molar-refractivity contribution in [3.8, 4) is 0 Å². The molecule has 0 bridgehead atoms. The molecule has 1 N–H and O–H groups in total. The van der Waals surface area contributed by atoms with Crippen LogP contribution >= 0.6 is 23.1 Å². The minimum atomic E-state index is -4.39. The molecule has 0 amide bonds. The van der Waals surface area contributed by atoms with Crippen molar-refractivity contribution in [2.24, 2.45) is 0 Å². The lowest BCUT2D eigenvalue weighted by molar-refractivity contribution is -0.138. The summed E-state index contributed by atoms with van der Waals surface area (Å²) in [7, 11) is 0. The average Bonchev–Trinajstić information content (AvgIpc) is 2.86. The minimum absolute atomic E-state index is 0.224. The van der Waals surface area contributed by atoms with Crippen molar-refractivity contribution in [3.63, 3.8) is 0 Å². The number of aromatic nitrogens is 2. The Morgan fingerprint density at radius 2 is 2.12 bits per heavy atom. The van der Waals surface area contributed by atoms with E-state index in [1.165, 1.54) is 0 Å². The molecule has 0 saturated heterocycles. The average molecular weight is 283 g/mol. The molecule has 1 aliphatic carbocycles. The standard InChI is InChI=1S/C9H12F3N3S2/c1-16-6-3-2-5(4-6)13-8-15-14-7(17-8)9(10,11)12/h5-6H,2-4H2,1H3,(H,13,15). The largest absolute Gasteiger partial charge is 0.445 e. The van der Waals surface area contributed by atoms with Crippen LogP contribution < -0.4 is 5.32 Å².